The summed E-state index contributed by atoms with van der Waals surface area (Å²) < 4.78 is 13.6. The second-order valence-electron chi connectivity index (χ2n) is 7.40. The Morgan fingerprint density at radius 2 is 2.07 bits per heavy atom. The number of carbonyl (C=O) groups excluding carboxylic acids is 1. The Labute approximate surface area is 163 Å². The van der Waals surface area contributed by atoms with Crippen molar-refractivity contribution in [2.24, 2.45) is 0 Å². The van der Waals surface area contributed by atoms with Crippen LogP contribution < -0.4 is 9.47 Å². The highest BCUT2D eigenvalue weighted by Gasteiger charge is 2.25. The second-order valence-corrected chi connectivity index (χ2v) is 7.40. The number of amides is 1. The fraction of sp³-hybridized carbons (Fsp3) is 0.381. The summed E-state index contributed by atoms with van der Waals surface area (Å²) in [5.41, 5.74) is 2.07. The van der Waals surface area contributed by atoms with Crippen molar-refractivity contribution < 1.29 is 14.3 Å². The van der Waals surface area contributed by atoms with Crippen LogP contribution in [-0.2, 0) is 0 Å². The van der Waals surface area contributed by atoms with E-state index in [1.807, 2.05) is 41.9 Å². The Balaban J connectivity index is 1.52. The molecule has 4 rings (SSSR count). The topological polar surface area (TPSA) is 69.5 Å². The number of para-hydroxylation sites is 2. The van der Waals surface area contributed by atoms with E-state index >= 15 is 0 Å². The van der Waals surface area contributed by atoms with Crippen molar-refractivity contribution in [2.45, 2.75) is 32.9 Å². The Kier molecular flexibility index (Phi) is 4.66. The SMILES string of the molecule is Cc1nc2c(cnn2C(C)C)cc1C(=O)N(C)CC1COc2ccccc2O1. The zero-order valence-electron chi connectivity index (χ0n) is 16.5. The van der Waals surface area contributed by atoms with E-state index in [1.54, 1.807) is 18.1 Å². The number of aryl methyl sites for hydroxylation is 1. The molecule has 0 aliphatic carbocycles. The lowest BCUT2D eigenvalue weighted by atomic mass is 10.1. The Hall–Kier alpha value is -3.09. The van der Waals surface area contributed by atoms with Crippen molar-refractivity contribution in [3.05, 3.63) is 47.8 Å². The highest BCUT2D eigenvalue weighted by molar-refractivity contribution is 5.98. The first-order valence-corrected chi connectivity index (χ1v) is 9.43. The number of hydrogen-bond acceptors (Lipinski definition) is 5. The standard InChI is InChI=1S/C21H24N4O3/c1-13(2)25-20-15(10-22-25)9-17(14(3)23-20)21(26)24(4)11-16-12-27-18-7-5-6-8-19(18)28-16/h5-10,13,16H,11-12H2,1-4H3. The van der Waals surface area contributed by atoms with Gasteiger partial charge < -0.3 is 14.4 Å². The lowest BCUT2D eigenvalue weighted by Crippen LogP contribution is -2.42. The van der Waals surface area contributed by atoms with Gasteiger partial charge in [0.05, 0.1) is 24.0 Å². The molecule has 0 saturated carbocycles. The largest absolute Gasteiger partial charge is 0.486 e. The van der Waals surface area contributed by atoms with Crippen LogP contribution in [0.2, 0.25) is 0 Å². The fourth-order valence-electron chi connectivity index (χ4n) is 3.41. The van der Waals surface area contributed by atoms with E-state index < -0.39 is 0 Å². The average molecular weight is 380 g/mol. The molecule has 1 aliphatic rings. The third kappa shape index (κ3) is 3.28. The predicted octanol–water partition coefficient (Wildman–Crippen LogP) is 3.23. The molecule has 1 unspecified atom stereocenters. The molecule has 146 valence electrons. The maximum absolute atomic E-state index is 13.0. The molecule has 0 N–H and O–H groups in total. The highest BCUT2D eigenvalue weighted by Crippen LogP contribution is 2.31. The number of benzene rings is 1. The van der Waals surface area contributed by atoms with Crippen LogP contribution in [0.1, 0.15) is 35.9 Å². The third-order valence-corrected chi connectivity index (χ3v) is 4.87. The fourth-order valence-corrected chi connectivity index (χ4v) is 3.41. The first-order valence-electron chi connectivity index (χ1n) is 9.43. The van der Waals surface area contributed by atoms with Crippen molar-refractivity contribution >= 4 is 16.9 Å². The molecule has 1 atom stereocenters. The Bertz CT molecular complexity index is 1030. The molecule has 1 aliphatic heterocycles. The molecule has 7 heteroatoms. The van der Waals surface area contributed by atoms with E-state index in [2.05, 4.69) is 23.9 Å². The molecule has 1 aromatic carbocycles. The number of carbonyl (C=O) groups is 1. The Morgan fingerprint density at radius 1 is 1.32 bits per heavy atom. The number of nitrogens with zero attached hydrogens (tertiary/aromatic N) is 4. The van der Waals surface area contributed by atoms with Gasteiger partial charge in [-0.3, -0.25) is 4.79 Å². The van der Waals surface area contributed by atoms with Gasteiger partial charge in [-0.25, -0.2) is 9.67 Å². The van der Waals surface area contributed by atoms with Crippen molar-refractivity contribution in [1.29, 1.82) is 0 Å². The van der Waals surface area contributed by atoms with Crippen LogP contribution in [0.4, 0.5) is 0 Å². The number of ether oxygens (including phenoxy) is 2. The van der Waals surface area contributed by atoms with E-state index in [9.17, 15) is 4.79 Å². The van der Waals surface area contributed by atoms with Gasteiger partial charge in [0.1, 0.15) is 6.61 Å². The summed E-state index contributed by atoms with van der Waals surface area (Å²) in [6.07, 6.45) is 1.54. The molecule has 0 saturated heterocycles. The first kappa shape index (κ1) is 18.3. The summed E-state index contributed by atoms with van der Waals surface area (Å²) in [4.78, 5) is 19.3. The van der Waals surface area contributed by atoms with Crippen molar-refractivity contribution in [2.75, 3.05) is 20.2 Å². The maximum Gasteiger partial charge on any atom is 0.255 e. The molecular formula is C21H24N4O3. The number of rotatable bonds is 4. The van der Waals surface area contributed by atoms with Gasteiger partial charge >= 0.3 is 0 Å². The molecule has 2 aromatic heterocycles. The molecule has 0 spiro atoms. The van der Waals surface area contributed by atoms with Crippen LogP contribution in [0.25, 0.3) is 11.0 Å². The normalized spacial score (nSPS) is 15.8. The molecule has 28 heavy (non-hydrogen) atoms. The number of aromatic nitrogens is 3. The van der Waals surface area contributed by atoms with Crippen molar-refractivity contribution in [3.8, 4) is 11.5 Å². The summed E-state index contributed by atoms with van der Waals surface area (Å²) in [5.74, 6) is 1.35. The molecule has 3 aromatic rings. The van der Waals surface area contributed by atoms with Crippen molar-refractivity contribution in [1.82, 2.24) is 19.7 Å². The third-order valence-electron chi connectivity index (χ3n) is 4.87. The van der Waals surface area contributed by atoms with Gasteiger partial charge in [0, 0.05) is 18.5 Å². The van der Waals surface area contributed by atoms with Crippen LogP contribution in [-0.4, -0.2) is 51.9 Å². The smallest absolute Gasteiger partial charge is 0.255 e. The van der Waals surface area contributed by atoms with Gasteiger partial charge in [-0.1, -0.05) is 12.1 Å². The monoisotopic (exact) mass is 380 g/mol. The van der Waals surface area contributed by atoms with Gasteiger partial charge in [0.15, 0.2) is 23.3 Å². The van der Waals surface area contributed by atoms with Crippen LogP contribution in [0.15, 0.2) is 36.5 Å². The van der Waals surface area contributed by atoms with E-state index in [-0.39, 0.29) is 18.1 Å². The van der Waals surface area contributed by atoms with Gasteiger partial charge in [-0.15, -0.1) is 0 Å². The minimum atomic E-state index is -0.218. The maximum atomic E-state index is 13.0. The van der Waals surface area contributed by atoms with E-state index in [1.165, 1.54) is 0 Å². The van der Waals surface area contributed by atoms with Crippen molar-refractivity contribution in [3.63, 3.8) is 0 Å². The summed E-state index contributed by atoms with van der Waals surface area (Å²) in [6, 6.07) is 9.64. The quantitative estimate of drug-likeness (QED) is 0.695. The van der Waals surface area contributed by atoms with E-state index in [0.717, 1.165) is 16.8 Å². The summed E-state index contributed by atoms with van der Waals surface area (Å²) >= 11 is 0. The van der Waals surface area contributed by atoms with Gasteiger partial charge in [-0.2, -0.15) is 5.10 Å². The molecular weight excluding hydrogens is 356 g/mol. The average Bonchev–Trinajstić information content (AvgIpc) is 3.09. The number of fused-ring (bicyclic) bond motifs is 2. The van der Waals surface area contributed by atoms with Gasteiger partial charge in [-0.05, 0) is 39.0 Å². The van der Waals surface area contributed by atoms with Crippen LogP contribution in [0.3, 0.4) is 0 Å². The number of hydrogen-bond donors (Lipinski definition) is 0. The van der Waals surface area contributed by atoms with Gasteiger partial charge in [0.2, 0.25) is 0 Å². The Morgan fingerprint density at radius 3 is 2.82 bits per heavy atom. The molecule has 1 amide bonds. The number of pyridine rings is 1. The zero-order chi connectivity index (χ0) is 19.8. The molecule has 0 bridgehead atoms. The lowest BCUT2D eigenvalue weighted by molar-refractivity contribution is 0.0520. The van der Waals surface area contributed by atoms with Crippen LogP contribution in [0, 0.1) is 6.92 Å². The molecule has 7 nitrogen and oxygen atoms in total. The molecule has 3 heterocycles. The molecule has 0 radical (unpaired) electrons. The number of likely N-dealkylation sites (N-methyl/N-ethyl adjacent to an activating group) is 1. The summed E-state index contributed by atoms with van der Waals surface area (Å²) in [6.45, 7) is 6.80. The van der Waals surface area contributed by atoms with E-state index in [4.69, 9.17) is 9.47 Å². The predicted molar refractivity (Wildman–Crippen MR) is 106 cm³/mol. The van der Waals surface area contributed by atoms with Crippen LogP contribution in [0.5, 0.6) is 11.5 Å². The first-order chi connectivity index (χ1) is 13.4. The summed E-state index contributed by atoms with van der Waals surface area (Å²) in [7, 11) is 1.77. The molecule has 0 fully saturated rings. The minimum Gasteiger partial charge on any atom is -0.486 e. The minimum absolute atomic E-state index is 0.0911. The zero-order valence-corrected chi connectivity index (χ0v) is 16.5. The second kappa shape index (κ2) is 7.14. The summed E-state index contributed by atoms with van der Waals surface area (Å²) in [5, 5.41) is 5.25. The highest BCUT2D eigenvalue weighted by atomic mass is 16.6. The van der Waals surface area contributed by atoms with Crippen LogP contribution >= 0.6 is 0 Å². The lowest BCUT2D eigenvalue weighted by Gasteiger charge is -2.29. The van der Waals surface area contributed by atoms with E-state index in [0.29, 0.717) is 30.2 Å². The van der Waals surface area contributed by atoms with Gasteiger partial charge in [0.25, 0.3) is 5.91 Å².